The van der Waals surface area contributed by atoms with Crippen LogP contribution in [0.15, 0.2) is 30.3 Å². The summed E-state index contributed by atoms with van der Waals surface area (Å²) in [7, 11) is 0. The molecule has 0 radical (unpaired) electrons. The van der Waals surface area contributed by atoms with Crippen LogP contribution >= 0.6 is 0 Å². The molecule has 0 aromatic heterocycles. The lowest BCUT2D eigenvalue weighted by Crippen LogP contribution is -2.42. The quantitative estimate of drug-likeness (QED) is 0.892. The van der Waals surface area contributed by atoms with E-state index in [9.17, 15) is 0 Å². The van der Waals surface area contributed by atoms with Crippen LogP contribution in [-0.2, 0) is 0 Å². The van der Waals surface area contributed by atoms with Crippen LogP contribution in [0, 0.1) is 5.92 Å². The molecule has 2 rings (SSSR count). The lowest BCUT2D eigenvalue weighted by Gasteiger charge is -2.33. The Hall–Kier alpha value is -0.860. The van der Waals surface area contributed by atoms with E-state index in [4.69, 9.17) is 0 Å². The summed E-state index contributed by atoms with van der Waals surface area (Å²) in [5, 5.41) is 3.70. The predicted molar refractivity (Wildman–Crippen MR) is 82.3 cm³/mol. The van der Waals surface area contributed by atoms with Crippen LogP contribution < -0.4 is 5.32 Å². The van der Waals surface area contributed by atoms with Crippen molar-refractivity contribution in [2.75, 3.05) is 19.6 Å². The summed E-state index contributed by atoms with van der Waals surface area (Å²) < 4.78 is 0. The first-order valence-electron chi connectivity index (χ1n) is 7.74. The largest absolute Gasteiger partial charge is 0.312 e. The highest BCUT2D eigenvalue weighted by molar-refractivity contribution is 5.19. The van der Waals surface area contributed by atoms with Gasteiger partial charge in [-0.25, -0.2) is 0 Å². The molecule has 1 fully saturated rings. The fourth-order valence-electron chi connectivity index (χ4n) is 3.09. The molecule has 0 saturated carbocycles. The number of hydrogen-bond donors (Lipinski definition) is 1. The van der Waals surface area contributed by atoms with Gasteiger partial charge in [0.25, 0.3) is 0 Å². The van der Waals surface area contributed by atoms with Crippen LogP contribution in [0.2, 0.25) is 0 Å². The average Bonchev–Trinajstić information content (AvgIpc) is 2.67. The number of hydrogen-bond acceptors (Lipinski definition) is 2. The summed E-state index contributed by atoms with van der Waals surface area (Å²) in [5.41, 5.74) is 1.47. The molecule has 1 N–H and O–H groups in total. The Labute approximate surface area is 118 Å². The van der Waals surface area contributed by atoms with Gasteiger partial charge in [0.05, 0.1) is 0 Å². The van der Waals surface area contributed by atoms with E-state index in [0.29, 0.717) is 18.0 Å². The second-order valence-electron chi connectivity index (χ2n) is 5.99. The van der Waals surface area contributed by atoms with Gasteiger partial charge in [0.2, 0.25) is 0 Å². The molecule has 0 amide bonds. The third-order valence-corrected chi connectivity index (χ3v) is 4.28. The maximum absolute atomic E-state index is 3.70. The van der Waals surface area contributed by atoms with Crippen molar-refractivity contribution in [3.05, 3.63) is 35.9 Å². The van der Waals surface area contributed by atoms with E-state index < -0.39 is 0 Å². The minimum Gasteiger partial charge on any atom is -0.312 e. The summed E-state index contributed by atoms with van der Waals surface area (Å²) in [6.07, 6.45) is 2.45. The normalized spacial score (nSPS) is 23.3. The molecular weight excluding hydrogens is 232 g/mol. The van der Waals surface area contributed by atoms with Gasteiger partial charge >= 0.3 is 0 Å². The molecule has 1 aliphatic rings. The van der Waals surface area contributed by atoms with E-state index in [0.717, 1.165) is 6.54 Å². The maximum atomic E-state index is 3.70. The van der Waals surface area contributed by atoms with Crippen molar-refractivity contribution in [1.29, 1.82) is 0 Å². The molecule has 2 nitrogen and oxygen atoms in total. The molecule has 19 heavy (non-hydrogen) atoms. The third-order valence-electron chi connectivity index (χ3n) is 4.28. The topological polar surface area (TPSA) is 15.3 Å². The Balaban J connectivity index is 2.12. The minimum absolute atomic E-state index is 0.572. The maximum Gasteiger partial charge on any atom is 0.0346 e. The molecule has 1 saturated heterocycles. The first-order valence-corrected chi connectivity index (χ1v) is 7.74. The first kappa shape index (κ1) is 14.5. The smallest absolute Gasteiger partial charge is 0.0346 e. The summed E-state index contributed by atoms with van der Waals surface area (Å²) >= 11 is 0. The number of benzene rings is 1. The average molecular weight is 260 g/mol. The van der Waals surface area contributed by atoms with Gasteiger partial charge in [0.15, 0.2) is 0 Å². The molecule has 0 bridgehead atoms. The van der Waals surface area contributed by atoms with E-state index in [1.165, 1.54) is 31.5 Å². The lowest BCUT2D eigenvalue weighted by molar-refractivity contribution is 0.176. The van der Waals surface area contributed by atoms with Crippen LogP contribution in [0.5, 0.6) is 0 Å². The van der Waals surface area contributed by atoms with Gasteiger partial charge in [0.1, 0.15) is 0 Å². The van der Waals surface area contributed by atoms with E-state index in [-0.39, 0.29) is 0 Å². The first-order chi connectivity index (χ1) is 9.22. The summed E-state index contributed by atoms with van der Waals surface area (Å²) in [5.74, 6) is 0.703. The molecule has 1 aromatic carbocycles. The Morgan fingerprint density at radius 2 is 2.00 bits per heavy atom. The minimum atomic E-state index is 0.572. The van der Waals surface area contributed by atoms with Crippen molar-refractivity contribution >= 4 is 0 Å². The standard InChI is InChI=1S/C17H28N2/c1-4-17(15-9-6-5-7-10-15)19-12-8-11-18-16(13-19)14(2)3/h5-7,9-10,14,16-18H,4,8,11-13H2,1-3H3. The fourth-order valence-corrected chi connectivity index (χ4v) is 3.09. The molecular formula is C17H28N2. The van der Waals surface area contributed by atoms with Crippen molar-refractivity contribution in [1.82, 2.24) is 10.2 Å². The van der Waals surface area contributed by atoms with Gasteiger partial charge in [-0.2, -0.15) is 0 Å². The molecule has 2 atom stereocenters. The zero-order chi connectivity index (χ0) is 13.7. The highest BCUT2D eigenvalue weighted by atomic mass is 15.2. The molecule has 0 aliphatic carbocycles. The van der Waals surface area contributed by atoms with Gasteiger partial charge in [-0.05, 0) is 30.9 Å². The highest BCUT2D eigenvalue weighted by Gasteiger charge is 2.25. The molecule has 0 spiro atoms. The van der Waals surface area contributed by atoms with Crippen molar-refractivity contribution in [3.63, 3.8) is 0 Å². The summed E-state index contributed by atoms with van der Waals surface area (Å²) in [6.45, 7) is 10.5. The third kappa shape index (κ3) is 3.80. The Kier molecular flexibility index (Phi) is 5.41. The van der Waals surface area contributed by atoms with Gasteiger partial charge in [-0.3, -0.25) is 4.90 Å². The SMILES string of the molecule is CCC(c1ccccc1)N1CCCNC(C(C)C)C1. The van der Waals surface area contributed by atoms with Crippen LogP contribution in [0.25, 0.3) is 0 Å². The molecule has 2 heteroatoms. The summed E-state index contributed by atoms with van der Waals surface area (Å²) in [4.78, 5) is 2.68. The fraction of sp³-hybridized carbons (Fsp3) is 0.647. The van der Waals surface area contributed by atoms with Crippen molar-refractivity contribution in [3.8, 4) is 0 Å². The van der Waals surface area contributed by atoms with E-state index in [2.05, 4.69) is 61.3 Å². The van der Waals surface area contributed by atoms with Gasteiger partial charge in [0, 0.05) is 25.2 Å². The van der Waals surface area contributed by atoms with Crippen LogP contribution in [-0.4, -0.2) is 30.6 Å². The van der Waals surface area contributed by atoms with Gasteiger partial charge < -0.3 is 5.32 Å². The zero-order valence-corrected chi connectivity index (χ0v) is 12.6. The van der Waals surface area contributed by atoms with Crippen molar-refractivity contribution in [2.45, 2.75) is 45.7 Å². The molecule has 1 aromatic rings. The molecule has 1 aliphatic heterocycles. The highest BCUT2D eigenvalue weighted by Crippen LogP contribution is 2.26. The monoisotopic (exact) mass is 260 g/mol. The second-order valence-corrected chi connectivity index (χ2v) is 5.99. The summed E-state index contributed by atoms with van der Waals surface area (Å²) in [6, 6.07) is 12.2. The van der Waals surface area contributed by atoms with E-state index in [1.54, 1.807) is 0 Å². The number of nitrogens with zero attached hydrogens (tertiary/aromatic N) is 1. The lowest BCUT2D eigenvalue weighted by atomic mass is 9.99. The van der Waals surface area contributed by atoms with Gasteiger partial charge in [-0.1, -0.05) is 51.1 Å². The number of rotatable bonds is 4. The molecule has 2 unspecified atom stereocenters. The van der Waals surface area contributed by atoms with Crippen LogP contribution in [0.3, 0.4) is 0 Å². The van der Waals surface area contributed by atoms with E-state index in [1.807, 2.05) is 0 Å². The second kappa shape index (κ2) is 7.06. The van der Waals surface area contributed by atoms with Crippen molar-refractivity contribution < 1.29 is 0 Å². The van der Waals surface area contributed by atoms with E-state index >= 15 is 0 Å². The molecule has 1 heterocycles. The van der Waals surface area contributed by atoms with Crippen LogP contribution in [0.4, 0.5) is 0 Å². The van der Waals surface area contributed by atoms with Gasteiger partial charge in [-0.15, -0.1) is 0 Å². The Bertz CT molecular complexity index is 361. The molecule has 106 valence electrons. The number of nitrogens with one attached hydrogen (secondary N) is 1. The zero-order valence-electron chi connectivity index (χ0n) is 12.6. The Morgan fingerprint density at radius 3 is 2.63 bits per heavy atom. The Morgan fingerprint density at radius 1 is 1.26 bits per heavy atom. The van der Waals surface area contributed by atoms with Crippen molar-refractivity contribution in [2.24, 2.45) is 5.92 Å². The van der Waals surface area contributed by atoms with Crippen LogP contribution in [0.1, 0.15) is 45.2 Å². The predicted octanol–water partition coefficient (Wildman–Crippen LogP) is 3.46.